The second-order valence-electron chi connectivity index (χ2n) is 7.53. The third-order valence-electron chi connectivity index (χ3n) is 5.53. The summed E-state index contributed by atoms with van der Waals surface area (Å²) in [6.07, 6.45) is 4.52. The van der Waals surface area contributed by atoms with Crippen LogP contribution in [0.4, 0.5) is 5.82 Å². The van der Waals surface area contributed by atoms with Gasteiger partial charge in [-0.3, -0.25) is 23.5 Å². The highest BCUT2D eigenvalue weighted by Gasteiger charge is 2.26. The van der Waals surface area contributed by atoms with Crippen molar-refractivity contribution in [3.8, 4) is 0 Å². The van der Waals surface area contributed by atoms with E-state index in [1.807, 2.05) is 30.3 Å². The van der Waals surface area contributed by atoms with Gasteiger partial charge in [0.25, 0.3) is 5.56 Å². The number of ether oxygens (including phenoxy) is 1. The van der Waals surface area contributed by atoms with Crippen molar-refractivity contribution in [1.29, 1.82) is 0 Å². The molecule has 1 aromatic heterocycles. The van der Waals surface area contributed by atoms with E-state index in [1.165, 1.54) is 4.57 Å². The maximum Gasteiger partial charge on any atom is 0.332 e. The molecule has 160 valence electrons. The minimum absolute atomic E-state index is 0.0921. The molecule has 2 aromatic rings. The Hall–Kier alpha value is -3.16. The lowest BCUT2D eigenvalue weighted by Gasteiger charge is -2.20. The van der Waals surface area contributed by atoms with Crippen LogP contribution in [0, 0.1) is 5.92 Å². The van der Waals surface area contributed by atoms with Crippen LogP contribution in [0.5, 0.6) is 0 Å². The average Bonchev–Trinajstić information content (AvgIpc) is 2.76. The highest BCUT2D eigenvalue weighted by atomic mass is 16.5. The van der Waals surface area contributed by atoms with Crippen molar-refractivity contribution in [2.24, 2.45) is 5.92 Å². The van der Waals surface area contributed by atoms with Gasteiger partial charge in [-0.2, -0.15) is 0 Å². The summed E-state index contributed by atoms with van der Waals surface area (Å²) < 4.78 is 7.36. The van der Waals surface area contributed by atoms with Crippen LogP contribution in [0.2, 0.25) is 0 Å². The lowest BCUT2D eigenvalue weighted by molar-refractivity contribution is -0.148. The molecule has 30 heavy (non-hydrogen) atoms. The molecule has 8 nitrogen and oxygen atoms in total. The van der Waals surface area contributed by atoms with Crippen molar-refractivity contribution in [3.05, 3.63) is 62.3 Å². The molecule has 8 heteroatoms. The van der Waals surface area contributed by atoms with Crippen LogP contribution in [0.25, 0.3) is 0 Å². The van der Waals surface area contributed by atoms with Crippen molar-refractivity contribution in [3.63, 3.8) is 0 Å². The maximum atomic E-state index is 12.8. The van der Waals surface area contributed by atoms with Crippen molar-refractivity contribution in [2.45, 2.75) is 52.1 Å². The molecular formula is C22H27N3O5. The standard InChI is InChI=1S/C22H27N3O5/c1-2-24-20(27)18(17(26)14-30-21(28)16-11-7-4-8-12-16)19(23)25(22(24)29)13-15-9-5-3-6-10-15/h3,5-6,9-10,16H,2,4,7-8,11-14,23H2,1H3. The molecule has 0 unspecified atom stereocenters. The second-order valence-corrected chi connectivity index (χ2v) is 7.53. The monoisotopic (exact) mass is 413 g/mol. The molecule has 0 amide bonds. The number of Topliss-reactive ketones (excluding diaryl/α,β-unsaturated/α-hetero) is 1. The van der Waals surface area contributed by atoms with Gasteiger partial charge in [-0.05, 0) is 25.3 Å². The van der Waals surface area contributed by atoms with E-state index in [0.717, 1.165) is 42.2 Å². The second kappa shape index (κ2) is 9.56. The molecule has 0 bridgehead atoms. The van der Waals surface area contributed by atoms with E-state index in [1.54, 1.807) is 6.92 Å². The van der Waals surface area contributed by atoms with Gasteiger partial charge >= 0.3 is 11.7 Å². The number of carbonyl (C=O) groups excluding carboxylic acids is 2. The van der Waals surface area contributed by atoms with Gasteiger partial charge in [0.05, 0.1) is 12.5 Å². The fourth-order valence-electron chi connectivity index (χ4n) is 3.84. The fraction of sp³-hybridized carbons (Fsp3) is 0.455. The van der Waals surface area contributed by atoms with Crippen molar-refractivity contribution in [2.75, 3.05) is 12.3 Å². The molecule has 1 aromatic carbocycles. The third-order valence-corrected chi connectivity index (χ3v) is 5.53. The minimum Gasteiger partial charge on any atom is -0.457 e. The summed E-state index contributed by atoms with van der Waals surface area (Å²) in [5.41, 5.74) is 5.23. The normalized spacial score (nSPS) is 14.4. The third kappa shape index (κ3) is 4.53. The number of hydrogen-bond donors (Lipinski definition) is 1. The highest BCUT2D eigenvalue weighted by molar-refractivity contribution is 6.01. The number of nitrogens with two attached hydrogens (primary N) is 1. The average molecular weight is 413 g/mol. The summed E-state index contributed by atoms with van der Waals surface area (Å²) in [6, 6.07) is 9.13. The Morgan fingerprint density at radius 2 is 1.73 bits per heavy atom. The molecule has 1 heterocycles. The number of nitrogen functional groups attached to an aromatic ring is 1. The van der Waals surface area contributed by atoms with Crippen LogP contribution in [-0.4, -0.2) is 27.5 Å². The Morgan fingerprint density at radius 3 is 2.37 bits per heavy atom. The Morgan fingerprint density at radius 1 is 1.07 bits per heavy atom. The van der Waals surface area contributed by atoms with Crippen LogP contribution in [0.1, 0.15) is 54.9 Å². The molecular weight excluding hydrogens is 386 g/mol. The molecule has 1 aliphatic carbocycles. The largest absolute Gasteiger partial charge is 0.457 e. The zero-order valence-electron chi connectivity index (χ0n) is 17.1. The van der Waals surface area contributed by atoms with Gasteiger partial charge in [0.1, 0.15) is 11.4 Å². The molecule has 1 aliphatic rings. The van der Waals surface area contributed by atoms with Crippen molar-refractivity contribution in [1.82, 2.24) is 9.13 Å². The Labute approximate surface area is 174 Å². The van der Waals surface area contributed by atoms with Gasteiger partial charge in [0.2, 0.25) is 5.78 Å². The van der Waals surface area contributed by atoms with E-state index in [0.29, 0.717) is 0 Å². The number of aromatic nitrogens is 2. The predicted octanol–water partition coefficient (Wildman–Crippen LogP) is 1.97. The van der Waals surface area contributed by atoms with Crippen LogP contribution in [0.3, 0.4) is 0 Å². The maximum absolute atomic E-state index is 12.8. The van der Waals surface area contributed by atoms with E-state index in [4.69, 9.17) is 10.5 Å². The van der Waals surface area contributed by atoms with Gasteiger partial charge in [-0.1, -0.05) is 49.6 Å². The lowest BCUT2D eigenvalue weighted by Crippen LogP contribution is -2.44. The predicted molar refractivity (Wildman–Crippen MR) is 112 cm³/mol. The highest BCUT2D eigenvalue weighted by Crippen LogP contribution is 2.24. The summed E-state index contributed by atoms with van der Waals surface area (Å²) in [6.45, 7) is 1.29. The fourth-order valence-corrected chi connectivity index (χ4v) is 3.84. The number of esters is 1. The van der Waals surface area contributed by atoms with Gasteiger partial charge < -0.3 is 10.5 Å². The summed E-state index contributed by atoms with van der Waals surface area (Å²) in [7, 11) is 0. The summed E-state index contributed by atoms with van der Waals surface area (Å²) in [5.74, 6) is -1.54. The zero-order chi connectivity index (χ0) is 21.7. The van der Waals surface area contributed by atoms with Gasteiger partial charge in [0.15, 0.2) is 6.61 Å². The van der Waals surface area contributed by atoms with Crippen molar-refractivity contribution >= 4 is 17.6 Å². The first-order chi connectivity index (χ1) is 14.4. The number of nitrogens with zero attached hydrogens (tertiary/aromatic N) is 2. The van der Waals surface area contributed by atoms with Gasteiger partial charge in [-0.15, -0.1) is 0 Å². The number of benzene rings is 1. The molecule has 0 aliphatic heterocycles. The Bertz CT molecular complexity index is 1030. The molecule has 0 atom stereocenters. The quantitative estimate of drug-likeness (QED) is 0.548. The Balaban J connectivity index is 1.88. The summed E-state index contributed by atoms with van der Waals surface area (Å²) in [5, 5.41) is 0. The van der Waals surface area contributed by atoms with Crippen LogP contribution in [0.15, 0.2) is 39.9 Å². The van der Waals surface area contributed by atoms with Crippen molar-refractivity contribution < 1.29 is 14.3 Å². The van der Waals surface area contributed by atoms with E-state index in [-0.39, 0.29) is 30.4 Å². The van der Waals surface area contributed by atoms with E-state index >= 15 is 0 Å². The molecule has 1 fully saturated rings. The smallest absolute Gasteiger partial charge is 0.332 e. The molecule has 0 radical (unpaired) electrons. The molecule has 1 saturated carbocycles. The van der Waals surface area contributed by atoms with E-state index in [2.05, 4.69) is 0 Å². The zero-order valence-corrected chi connectivity index (χ0v) is 17.1. The topological polar surface area (TPSA) is 113 Å². The van der Waals surface area contributed by atoms with Gasteiger partial charge in [0, 0.05) is 6.54 Å². The first-order valence-corrected chi connectivity index (χ1v) is 10.3. The molecule has 0 saturated heterocycles. The number of ketones is 1. The minimum atomic E-state index is -0.761. The number of anilines is 1. The molecule has 3 rings (SSSR count). The van der Waals surface area contributed by atoms with Crippen LogP contribution < -0.4 is 17.0 Å². The number of carbonyl (C=O) groups is 2. The molecule has 0 spiro atoms. The van der Waals surface area contributed by atoms with Crippen LogP contribution >= 0.6 is 0 Å². The first kappa shape index (κ1) is 21.5. The van der Waals surface area contributed by atoms with E-state index in [9.17, 15) is 19.2 Å². The SMILES string of the molecule is CCn1c(=O)c(C(=O)COC(=O)C2CCCCC2)c(N)n(Cc2ccccc2)c1=O. The number of rotatable bonds is 7. The van der Waals surface area contributed by atoms with E-state index < -0.39 is 29.6 Å². The Kier molecular flexibility index (Phi) is 6.87. The number of hydrogen-bond acceptors (Lipinski definition) is 6. The molecule has 2 N–H and O–H groups in total. The van der Waals surface area contributed by atoms with Gasteiger partial charge in [-0.25, -0.2) is 4.79 Å². The summed E-state index contributed by atoms with van der Waals surface area (Å²) in [4.78, 5) is 50.5. The first-order valence-electron chi connectivity index (χ1n) is 10.3. The lowest BCUT2D eigenvalue weighted by atomic mass is 9.89. The van der Waals surface area contributed by atoms with Crippen LogP contribution in [-0.2, 0) is 22.6 Å². The summed E-state index contributed by atoms with van der Waals surface area (Å²) >= 11 is 0.